The van der Waals surface area contributed by atoms with Crippen LogP contribution in [0.15, 0.2) is 70.1 Å². The lowest BCUT2D eigenvalue weighted by molar-refractivity contribution is 0.0697. The minimum atomic E-state index is -1.55. The van der Waals surface area contributed by atoms with Gasteiger partial charge in [0, 0.05) is 5.92 Å². The fourth-order valence-corrected chi connectivity index (χ4v) is 6.16. The lowest BCUT2D eigenvalue weighted by Crippen LogP contribution is -2.06. The van der Waals surface area contributed by atoms with Gasteiger partial charge in [0.2, 0.25) is 0 Å². The van der Waals surface area contributed by atoms with Gasteiger partial charge in [-0.1, -0.05) is 84.2 Å². The molecular weight excluding hydrogens is 581 g/mol. The van der Waals surface area contributed by atoms with E-state index in [-0.39, 0.29) is 23.8 Å². The molecule has 3 aromatic carbocycles. The molecule has 1 aromatic heterocycles. The molecule has 0 saturated heterocycles. The van der Waals surface area contributed by atoms with E-state index in [0.717, 1.165) is 11.1 Å². The van der Waals surface area contributed by atoms with Crippen LogP contribution in [0.25, 0.3) is 12.2 Å². The zero-order valence-electron chi connectivity index (χ0n) is 21.0. The molecule has 0 radical (unpaired) electrons. The average Bonchev–Trinajstić information content (AvgIpc) is 3.29. The third kappa shape index (κ3) is 7.11. The average molecular weight is 605 g/mol. The van der Waals surface area contributed by atoms with Crippen LogP contribution in [0.5, 0.6) is 5.75 Å². The number of hydrogen-bond acceptors (Lipinski definition) is 5. The van der Waals surface area contributed by atoms with Crippen LogP contribution < -0.4 is 4.74 Å². The standard InChI is InChI=1S/C29H24Cl3NO5S/c1-17(2)27-22(26(33-38-27)16-39(36)28-23(30)7-4-8-24(28)31)15-37-21-12-11-19(25(32)14-21)10-9-18-5-3-6-20(13-18)29(34)35/h3-14,17H,15-16H2,1-2H3,(H,34,35)/b10-9+/t39-/m1/s1. The van der Waals surface area contributed by atoms with Gasteiger partial charge in [0.05, 0.1) is 47.6 Å². The number of aromatic carboxylic acids is 1. The van der Waals surface area contributed by atoms with Crippen LogP contribution in [0.1, 0.15) is 58.3 Å². The van der Waals surface area contributed by atoms with Crippen LogP contribution in [-0.2, 0) is 23.2 Å². The Balaban J connectivity index is 1.50. The van der Waals surface area contributed by atoms with E-state index in [0.29, 0.717) is 42.7 Å². The topological polar surface area (TPSA) is 89.6 Å². The summed E-state index contributed by atoms with van der Waals surface area (Å²) in [6.07, 6.45) is 3.59. The molecule has 0 fully saturated rings. The lowest BCUT2D eigenvalue weighted by atomic mass is 10.1. The molecule has 0 bridgehead atoms. The molecule has 0 aliphatic heterocycles. The highest BCUT2D eigenvalue weighted by atomic mass is 35.5. The summed E-state index contributed by atoms with van der Waals surface area (Å²) in [4.78, 5) is 11.5. The van der Waals surface area contributed by atoms with Crippen molar-refractivity contribution in [3.63, 3.8) is 0 Å². The number of carbonyl (C=O) groups is 1. The first-order chi connectivity index (χ1) is 18.6. The molecular formula is C29H24Cl3NO5S. The summed E-state index contributed by atoms with van der Waals surface area (Å²) in [6.45, 7) is 4.08. The summed E-state index contributed by atoms with van der Waals surface area (Å²) in [5, 5.41) is 14.5. The maximum absolute atomic E-state index is 13.1. The lowest BCUT2D eigenvalue weighted by Gasteiger charge is -2.11. The van der Waals surface area contributed by atoms with Crippen molar-refractivity contribution in [1.82, 2.24) is 5.16 Å². The minimum Gasteiger partial charge on any atom is -0.489 e. The van der Waals surface area contributed by atoms with Crippen molar-refractivity contribution in [2.45, 2.75) is 37.0 Å². The Morgan fingerprint density at radius 3 is 2.41 bits per heavy atom. The number of nitrogens with zero attached hydrogens (tertiary/aromatic N) is 1. The van der Waals surface area contributed by atoms with Gasteiger partial charge in [-0.3, -0.25) is 4.21 Å². The van der Waals surface area contributed by atoms with Crippen molar-refractivity contribution < 1.29 is 23.4 Å². The van der Waals surface area contributed by atoms with E-state index >= 15 is 0 Å². The molecule has 4 aromatic rings. The number of carboxylic acid groups (broad SMARTS) is 1. The van der Waals surface area contributed by atoms with Gasteiger partial charge in [-0.05, 0) is 53.6 Å². The van der Waals surface area contributed by atoms with Crippen molar-refractivity contribution in [1.29, 1.82) is 0 Å². The Bertz CT molecular complexity index is 1540. The molecule has 39 heavy (non-hydrogen) atoms. The fourth-order valence-electron chi connectivity index (χ4n) is 3.82. The van der Waals surface area contributed by atoms with Gasteiger partial charge in [-0.2, -0.15) is 0 Å². The second kappa shape index (κ2) is 12.8. The number of benzene rings is 3. The highest BCUT2D eigenvalue weighted by Gasteiger charge is 2.23. The van der Waals surface area contributed by atoms with Crippen LogP contribution in [0, 0.1) is 0 Å². The predicted octanol–water partition coefficient (Wildman–Crippen LogP) is 8.51. The Kier molecular flexibility index (Phi) is 9.51. The van der Waals surface area contributed by atoms with E-state index in [9.17, 15) is 14.1 Å². The van der Waals surface area contributed by atoms with Gasteiger partial charge < -0.3 is 14.4 Å². The van der Waals surface area contributed by atoms with E-state index in [2.05, 4.69) is 5.16 Å². The Hall–Kier alpha value is -3.10. The SMILES string of the molecule is CC(C)c1onc(C[S@@](=O)c2c(Cl)cccc2Cl)c1COc1ccc(/C=C/c2cccc(C(=O)O)c2)c(Cl)c1. The smallest absolute Gasteiger partial charge is 0.335 e. The van der Waals surface area contributed by atoms with Gasteiger partial charge in [0.15, 0.2) is 0 Å². The molecule has 0 spiro atoms. The normalized spacial score (nSPS) is 12.3. The molecule has 10 heteroatoms. The Morgan fingerprint density at radius 1 is 1.03 bits per heavy atom. The monoisotopic (exact) mass is 603 g/mol. The van der Waals surface area contributed by atoms with Crippen molar-refractivity contribution >= 4 is 63.7 Å². The summed E-state index contributed by atoms with van der Waals surface area (Å²) < 4.78 is 24.7. The third-order valence-corrected chi connectivity index (χ3v) is 8.39. The highest BCUT2D eigenvalue weighted by Crippen LogP contribution is 2.32. The molecule has 1 atom stereocenters. The predicted molar refractivity (Wildman–Crippen MR) is 155 cm³/mol. The minimum absolute atomic E-state index is 0.0258. The number of aromatic nitrogens is 1. The molecule has 6 nitrogen and oxygen atoms in total. The molecule has 202 valence electrons. The summed E-state index contributed by atoms with van der Waals surface area (Å²) in [5.41, 5.74) is 2.90. The zero-order valence-corrected chi connectivity index (χ0v) is 24.1. The van der Waals surface area contributed by atoms with Crippen LogP contribution >= 0.6 is 34.8 Å². The highest BCUT2D eigenvalue weighted by molar-refractivity contribution is 7.84. The second-order valence-corrected chi connectivity index (χ2v) is 11.5. The second-order valence-electron chi connectivity index (χ2n) is 8.90. The first-order valence-electron chi connectivity index (χ1n) is 11.9. The molecule has 0 aliphatic rings. The first kappa shape index (κ1) is 28.9. The maximum Gasteiger partial charge on any atom is 0.335 e. The Labute approximate surface area is 243 Å². The van der Waals surface area contributed by atoms with E-state index < -0.39 is 16.8 Å². The number of carboxylic acids is 1. The fraction of sp³-hybridized carbons (Fsp3) is 0.172. The van der Waals surface area contributed by atoms with Crippen LogP contribution in [0.4, 0.5) is 0 Å². The van der Waals surface area contributed by atoms with Gasteiger partial charge >= 0.3 is 5.97 Å². The van der Waals surface area contributed by atoms with Gasteiger partial charge in [-0.15, -0.1) is 0 Å². The van der Waals surface area contributed by atoms with Crippen molar-refractivity contribution in [3.8, 4) is 5.75 Å². The van der Waals surface area contributed by atoms with E-state index in [1.54, 1.807) is 54.6 Å². The molecule has 0 amide bonds. The van der Waals surface area contributed by atoms with E-state index in [1.807, 2.05) is 26.0 Å². The van der Waals surface area contributed by atoms with Crippen molar-refractivity contribution in [3.05, 3.63) is 109 Å². The van der Waals surface area contributed by atoms with Gasteiger partial charge in [-0.25, -0.2) is 4.79 Å². The Morgan fingerprint density at radius 2 is 1.74 bits per heavy atom. The number of rotatable bonds is 10. The molecule has 4 rings (SSSR count). The molecule has 1 heterocycles. The molecule has 0 unspecified atom stereocenters. The summed E-state index contributed by atoms with van der Waals surface area (Å²) >= 11 is 19.0. The number of ether oxygens (including phenoxy) is 1. The van der Waals surface area contributed by atoms with Crippen molar-refractivity contribution in [2.75, 3.05) is 0 Å². The maximum atomic E-state index is 13.1. The van der Waals surface area contributed by atoms with Crippen LogP contribution in [0.3, 0.4) is 0 Å². The summed E-state index contributed by atoms with van der Waals surface area (Å²) in [7, 11) is -1.55. The van der Waals surface area contributed by atoms with Crippen LogP contribution in [0.2, 0.25) is 15.1 Å². The third-order valence-electron chi connectivity index (χ3n) is 5.78. The summed E-state index contributed by atoms with van der Waals surface area (Å²) in [6, 6.07) is 16.9. The van der Waals surface area contributed by atoms with Crippen molar-refractivity contribution in [2.24, 2.45) is 0 Å². The molecule has 0 saturated carbocycles. The van der Waals surface area contributed by atoms with Crippen LogP contribution in [-0.4, -0.2) is 20.4 Å². The first-order valence-corrected chi connectivity index (χ1v) is 14.3. The number of hydrogen-bond donors (Lipinski definition) is 1. The molecule has 1 N–H and O–H groups in total. The number of halogens is 3. The van der Waals surface area contributed by atoms with Gasteiger partial charge in [0.25, 0.3) is 0 Å². The van der Waals surface area contributed by atoms with Gasteiger partial charge in [0.1, 0.15) is 23.8 Å². The molecule has 0 aliphatic carbocycles. The largest absolute Gasteiger partial charge is 0.489 e. The zero-order chi connectivity index (χ0) is 28.1. The quantitative estimate of drug-likeness (QED) is 0.183. The van der Waals surface area contributed by atoms with E-state index in [4.69, 9.17) is 44.1 Å². The summed E-state index contributed by atoms with van der Waals surface area (Å²) in [5.74, 6) is 0.271. The van der Waals surface area contributed by atoms with E-state index in [1.165, 1.54) is 6.07 Å².